The van der Waals surface area contributed by atoms with Crippen molar-refractivity contribution in [2.75, 3.05) is 10.5 Å². The van der Waals surface area contributed by atoms with Gasteiger partial charge in [-0.3, -0.25) is 4.72 Å². The largest absolute Gasteiger partial charge is 0.368 e. The Bertz CT molecular complexity index is 1290. The predicted octanol–water partition coefficient (Wildman–Crippen LogP) is 4.02. The van der Waals surface area contributed by atoms with E-state index in [9.17, 15) is 12.8 Å². The van der Waals surface area contributed by atoms with Crippen molar-refractivity contribution in [2.45, 2.75) is 4.21 Å². The highest BCUT2D eigenvalue weighted by Crippen LogP contribution is 2.33. The van der Waals surface area contributed by atoms with Gasteiger partial charge < -0.3 is 5.73 Å². The Balaban J connectivity index is 1.80. The SMILES string of the molecule is Nc1ncc2cc(-c3c(F)ccc(NS(=O)(=O)c4cccs4)c3F)ccc2n1. The zero-order chi connectivity index (χ0) is 19.9. The second-order valence-electron chi connectivity index (χ2n) is 5.82. The fourth-order valence-corrected chi connectivity index (χ4v) is 4.76. The molecule has 0 spiro atoms. The number of nitrogens with zero attached hydrogens (tertiary/aromatic N) is 2. The number of benzene rings is 2. The van der Waals surface area contributed by atoms with Gasteiger partial charge in [-0.2, -0.15) is 0 Å². The summed E-state index contributed by atoms with van der Waals surface area (Å²) < 4.78 is 56.4. The van der Waals surface area contributed by atoms with Crippen LogP contribution in [0.25, 0.3) is 22.0 Å². The van der Waals surface area contributed by atoms with E-state index in [-0.39, 0.29) is 27.0 Å². The molecule has 0 aliphatic carbocycles. The van der Waals surface area contributed by atoms with Crippen LogP contribution in [-0.4, -0.2) is 18.4 Å². The molecule has 2 heterocycles. The van der Waals surface area contributed by atoms with Crippen molar-refractivity contribution in [1.29, 1.82) is 0 Å². The lowest BCUT2D eigenvalue weighted by molar-refractivity contribution is 0.588. The number of anilines is 2. The van der Waals surface area contributed by atoms with Gasteiger partial charge in [-0.1, -0.05) is 12.1 Å². The molecule has 0 unspecified atom stereocenters. The summed E-state index contributed by atoms with van der Waals surface area (Å²) in [7, 11) is -3.97. The summed E-state index contributed by atoms with van der Waals surface area (Å²) in [5.74, 6) is -1.76. The molecule has 10 heteroatoms. The second-order valence-corrected chi connectivity index (χ2v) is 8.68. The van der Waals surface area contributed by atoms with E-state index in [0.29, 0.717) is 10.9 Å². The molecule has 0 bridgehead atoms. The van der Waals surface area contributed by atoms with Gasteiger partial charge in [0, 0.05) is 11.6 Å². The van der Waals surface area contributed by atoms with Crippen LogP contribution in [-0.2, 0) is 10.0 Å². The van der Waals surface area contributed by atoms with E-state index in [1.807, 2.05) is 0 Å². The zero-order valence-electron chi connectivity index (χ0n) is 14.1. The lowest BCUT2D eigenvalue weighted by atomic mass is 10.0. The minimum absolute atomic E-state index is 0.0261. The maximum absolute atomic E-state index is 15.0. The molecule has 0 saturated heterocycles. The Morgan fingerprint density at radius 3 is 2.68 bits per heavy atom. The normalized spacial score (nSPS) is 11.6. The van der Waals surface area contributed by atoms with Crippen molar-refractivity contribution in [2.24, 2.45) is 0 Å². The zero-order valence-corrected chi connectivity index (χ0v) is 15.7. The van der Waals surface area contributed by atoms with Gasteiger partial charge in [-0.05, 0) is 41.3 Å². The van der Waals surface area contributed by atoms with Gasteiger partial charge in [-0.25, -0.2) is 27.2 Å². The number of fused-ring (bicyclic) bond motifs is 1. The number of hydrogen-bond donors (Lipinski definition) is 2. The highest BCUT2D eigenvalue weighted by molar-refractivity contribution is 7.94. The van der Waals surface area contributed by atoms with Crippen molar-refractivity contribution in [3.8, 4) is 11.1 Å². The maximum atomic E-state index is 15.0. The molecule has 2 aromatic heterocycles. The Morgan fingerprint density at radius 1 is 1.11 bits per heavy atom. The lowest BCUT2D eigenvalue weighted by Crippen LogP contribution is -2.13. The lowest BCUT2D eigenvalue weighted by Gasteiger charge is -2.12. The summed E-state index contributed by atoms with van der Waals surface area (Å²) in [5, 5.41) is 2.13. The highest BCUT2D eigenvalue weighted by atomic mass is 32.2. The van der Waals surface area contributed by atoms with E-state index in [0.717, 1.165) is 23.5 Å². The molecule has 0 saturated carbocycles. The minimum Gasteiger partial charge on any atom is -0.368 e. The second kappa shape index (κ2) is 6.80. The van der Waals surface area contributed by atoms with Crippen LogP contribution >= 0.6 is 11.3 Å². The summed E-state index contributed by atoms with van der Waals surface area (Å²) in [6.07, 6.45) is 1.44. The summed E-state index contributed by atoms with van der Waals surface area (Å²) in [5.41, 5.74) is 5.56. The number of hydrogen-bond acceptors (Lipinski definition) is 6. The molecular formula is C18H12F2N4O2S2. The van der Waals surface area contributed by atoms with Gasteiger partial charge in [0.15, 0.2) is 5.82 Å². The highest BCUT2D eigenvalue weighted by Gasteiger charge is 2.21. The van der Waals surface area contributed by atoms with E-state index in [1.54, 1.807) is 17.5 Å². The number of aromatic nitrogens is 2. The van der Waals surface area contributed by atoms with E-state index in [2.05, 4.69) is 14.7 Å². The molecule has 0 atom stereocenters. The summed E-state index contributed by atoms with van der Waals surface area (Å²) in [6.45, 7) is 0. The van der Waals surface area contributed by atoms with Crippen LogP contribution in [0.5, 0.6) is 0 Å². The first-order valence-corrected chi connectivity index (χ1v) is 10.3. The van der Waals surface area contributed by atoms with Crippen molar-refractivity contribution < 1.29 is 17.2 Å². The summed E-state index contributed by atoms with van der Waals surface area (Å²) in [6, 6.07) is 9.56. The number of rotatable bonds is 4. The topological polar surface area (TPSA) is 98.0 Å². The van der Waals surface area contributed by atoms with Gasteiger partial charge in [0.1, 0.15) is 10.0 Å². The minimum atomic E-state index is -3.97. The van der Waals surface area contributed by atoms with Crippen molar-refractivity contribution in [1.82, 2.24) is 9.97 Å². The van der Waals surface area contributed by atoms with Crippen LogP contribution in [0, 0.1) is 11.6 Å². The number of thiophene rings is 1. The third kappa shape index (κ3) is 3.27. The van der Waals surface area contributed by atoms with Gasteiger partial charge in [-0.15, -0.1) is 11.3 Å². The third-order valence-electron chi connectivity index (χ3n) is 3.98. The molecule has 0 fully saturated rings. The molecule has 2 aromatic carbocycles. The maximum Gasteiger partial charge on any atom is 0.271 e. The van der Waals surface area contributed by atoms with Crippen molar-refractivity contribution in [3.05, 3.63) is 65.7 Å². The van der Waals surface area contributed by atoms with Crippen LogP contribution in [0.2, 0.25) is 0 Å². The van der Waals surface area contributed by atoms with Crippen LogP contribution in [0.3, 0.4) is 0 Å². The number of sulfonamides is 1. The molecule has 4 aromatic rings. The van der Waals surface area contributed by atoms with Crippen molar-refractivity contribution in [3.63, 3.8) is 0 Å². The number of nitrogens with two attached hydrogens (primary N) is 1. The Kier molecular flexibility index (Phi) is 4.44. The molecule has 142 valence electrons. The van der Waals surface area contributed by atoms with Gasteiger partial charge in [0.25, 0.3) is 10.0 Å². The molecule has 28 heavy (non-hydrogen) atoms. The first-order valence-electron chi connectivity index (χ1n) is 7.92. The quantitative estimate of drug-likeness (QED) is 0.522. The number of halogens is 2. The summed E-state index contributed by atoms with van der Waals surface area (Å²) >= 11 is 0.990. The van der Waals surface area contributed by atoms with E-state index < -0.39 is 21.7 Å². The average Bonchev–Trinajstić information content (AvgIpc) is 3.20. The third-order valence-corrected chi connectivity index (χ3v) is 6.75. The molecule has 0 radical (unpaired) electrons. The molecule has 0 aliphatic heterocycles. The van der Waals surface area contributed by atoms with Crippen LogP contribution in [0.4, 0.5) is 20.4 Å². The molecule has 0 aliphatic rings. The summed E-state index contributed by atoms with van der Waals surface area (Å²) in [4.78, 5) is 7.91. The molecule has 6 nitrogen and oxygen atoms in total. The fourth-order valence-electron chi connectivity index (χ4n) is 2.71. The van der Waals surface area contributed by atoms with Crippen molar-refractivity contribution >= 4 is 43.9 Å². The van der Waals surface area contributed by atoms with Gasteiger partial charge in [0.05, 0.1) is 16.8 Å². The molecule has 3 N–H and O–H groups in total. The molecule has 0 amide bonds. The van der Waals surface area contributed by atoms with Gasteiger partial charge in [0.2, 0.25) is 5.95 Å². The van der Waals surface area contributed by atoms with Gasteiger partial charge >= 0.3 is 0 Å². The Hall–Kier alpha value is -3.11. The van der Waals surface area contributed by atoms with Crippen LogP contribution < -0.4 is 10.5 Å². The van der Waals surface area contributed by atoms with E-state index >= 15 is 4.39 Å². The smallest absolute Gasteiger partial charge is 0.271 e. The monoisotopic (exact) mass is 418 g/mol. The average molecular weight is 418 g/mol. The first kappa shape index (κ1) is 18.3. The Labute approximate surface area is 162 Å². The molecule has 4 rings (SSSR count). The van der Waals surface area contributed by atoms with Crippen LogP contribution in [0.15, 0.2) is 58.3 Å². The fraction of sp³-hybridized carbons (Fsp3) is 0. The predicted molar refractivity (Wildman–Crippen MR) is 104 cm³/mol. The number of nitrogens with one attached hydrogen (secondary N) is 1. The number of nitrogen functional groups attached to an aromatic ring is 1. The first-order chi connectivity index (χ1) is 13.3. The Morgan fingerprint density at radius 2 is 1.93 bits per heavy atom. The standard InChI is InChI=1S/C18H12F2N4O2S2/c19-12-4-6-14(24-28(25,26)15-2-1-7-27-15)17(20)16(12)10-3-5-13-11(8-10)9-22-18(21)23-13/h1-9,24H,(H2,21,22,23). The van der Waals surface area contributed by atoms with E-state index in [1.165, 1.54) is 24.4 Å². The van der Waals surface area contributed by atoms with E-state index in [4.69, 9.17) is 5.73 Å². The van der Waals surface area contributed by atoms with Crippen LogP contribution in [0.1, 0.15) is 0 Å². The molecular weight excluding hydrogens is 406 g/mol.